The van der Waals surface area contributed by atoms with Gasteiger partial charge in [0.05, 0.1) is 0 Å². The highest BCUT2D eigenvalue weighted by atomic mass is 16.3. The molecule has 0 amide bonds. The summed E-state index contributed by atoms with van der Waals surface area (Å²) in [5.74, 6) is 0.184. The van der Waals surface area contributed by atoms with Crippen molar-refractivity contribution in [3.05, 3.63) is 96.6 Å². The van der Waals surface area contributed by atoms with Gasteiger partial charge in [-0.2, -0.15) is 0 Å². The summed E-state index contributed by atoms with van der Waals surface area (Å²) in [7, 11) is 0. The molecule has 0 aliphatic heterocycles. The Balaban J connectivity index is 1.65. The monoisotopic (exact) mass is 403 g/mol. The van der Waals surface area contributed by atoms with Gasteiger partial charge in [-0.25, -0.2) is 0 Å². The molecule has 1 aromatic heterocycles. The van der Waals surface area contributed by atoms with E-state index < -0.39 is 0 Å². The number of fused-ring (bicyclic) bond motifs is 7. The molecule has 0 unspecified atom stereocenters. The average molecular weight is 403 g/mol. The number of hydrogen-bond acceptors (Lipinski definition) is 2. The van der Waals surface area contributed by atoms with Crippen molar-refractivity contribution in [2.45, 2.75) is 13.0 Å². The Bertz CT molecular complexity index is 1500. The van der Waals surface area contributed by atoms with Crippen LogP contribution in [0.3, 0.4) is 0 Å². The molecule has 6 aromatic rings. The summed E-state index contributed by atoms with van der Waals surface area (Å²) in [5, 5.41) is 27.3. The van der Waals surface area contributed by atoms with Crippen LogP contribution in [0.2, 0.25) is 0 Å². The van der Waals surface area contributed by atoms with Crippen LogP contribution >= 0.6 is 0 Å². The molecule has 5 aromatic carbocycles. The first kappa shape index (κ1) is 17.8. The van der Waals surface area contributed by atoms with Gasteiger partial charge in [0, 0.05) is 34.4 Å². The fourth-order valence-electron chi connectivity index (χ4n) is 4.91. The number of aromatic hydroxyl groups is 2. The molecule has 0 bridgehead atoms. The zero-order chi connectivity index (χ0) is 20.9. The SMILES string of the molecule is Oc1cc(O)cc(CCn2c3ccc4ccccc4c3c3c4ccccc4ccc32)c1. The molecule has 2 N–H and O–H groups in total. The molecule has 0 aliphatic rings. The average Bonchev–Trinajstić information content (AvgIpc) is 3.11. The van der Waals surface area contributed by atoms with Gasteiger partial charge in [-0.05, 0) is 57.8 Å². The van der Waals surface area contributed by atoms with Crippen LogP contribution in [0.25, 0.3) is 43.4 Å². The van der Waals surface area contributed by atoms with Crippen molar-refractivity contribution >= 4 is 43.4 Å². The molecule has 3 heteroatoms. The van der Waals surface area contributed by atoms with Crippen molar-refractivity contribution < 1.29 is 10.2 Å². The molecule has 6 rings (SSSR count). The molecule has 0 saturated heterocycles. The summed E-state index contributed by atoms with van der Waals surface area (Å²) in [6.45, 7) is 0.750. The summed E-state index contributed by atoms with van der Waals surface area (Å²) in [4.78, 5) is 0. The Hall–Kier alpha value is -3.98. The van der Waals surface area contributed by atoms with E-state index in [9.17, 15) is 10.2 Å². The Morgan fingerprint density at radius 1 is 0.581 bits per heavy atom. The Labute approximate surface area is 179 Å². The lowest BCUT2D eigenvalue weighted by molar-refractivity contribution is 0.449. The third-order valence-electron chi connectivity index (χ3n) is 6.23. The van der Waals surface area contributed by atoms with Gasteiger partial charge >= 0.3 is 0 Å². The number of phenolic OH excluding ortho intramolecular Hbond substituents is 2. The standard InChI is InChI=1S/C28H21NO2/c30-21-15-18(16-22(31)17-21)13-14-29-25-11-9-19-5-1-3-7-23(19)27(25)28-24-8-4-2-6-20(24)10-12-26(28)29/h1-12,15-17,30-31H,13-14H2. The Kier molecular flexibility index (Phi) is 3.90. The number of phenols is 2. The van der Waals surface area contributed by atoms with Gasteiger partial charge in [-0.15, -0.1) is 0 Å². The van der Waals surface area contributed by atoms with Crippen molar-refractivity contribution in [3.63, 3.8) is 0 Å². The van der Waals surface area contributed by atoms with Crippen LogP contribution in [0.15, 0.2) is 91.0 Å². The molecule has 1 heterocycles. The van der Waals surface area contributed by atoms with E-state index in [0.29, 0.717) is 6.42 Å². The van der Waals surface area contributed by atoms with E-state index in [1.54, 1.807) is 12.1 Å². The van der Waals surface area contributed by atoms with Crippen LogP contribution in [0.5, 0.6) is 11.5 Å². The van der Waals surface area contributed by atoms with Crippen molar-refractivity contribution in [2.24, 2.45) is 0 Å². The Morgan fingerprint density at radius 2 is 1.10 bits per heavy atom. The molecule has 0 aliphatic carbocycles. The lowest BCUT2D eigenvalue weighted by atomic mass is 10.00. The topological polar surface area (TPSA) is 45.4 Å². The van der Waals surface area contributed by atoms with Crippen LogP contribution in [0.4, 0.5) is 0 Å². The van der Waals surface area contributed by atoms with E-state index in [1.165, 1.54) is 49.4 Å². The maximum absolute atomic E-state index is 9.86. The quantitative estimate of drug-likeness (QED) is 0.343. The zero-order valence-electron chi connectivity index (χ0n) is 16.9. The molecule has 0 atom stereocenters. The van der Waals surface area contributed by atoms with Gasteiger partial charge in [0.25, 0.3) is 0 Å². The largest absolute Gasteiger partial charge is 0.508 e. The van der Waals surface area contributed by atoms with E-state index in [1.807, 2.05) is 0 Å². The number of benzene rings is 5. The van der Waals surface area contributed by atoms with Crippen LogP contribution in [0, 0.1) is 0 Å². The molecule has 3 nitrogen and oxygen atoms in total. The first-order valence-electron chi connectivity index (χ1n) is 10.5. The second-order valence-corrected chi connectivity index (χ2v) is 8.12. The van der Waals surface area contributed by atoms with E-state index >= 15 is 0 Å². The number of nitrogens with zero attached hydrogens (tertiary/aromatic N) is 1. The third-order valence-corrected chi connectivity index (χ3v) is 6.23. The normalized spacial score (nSPS) is 11.7. The molecule has 0 fully saturated rings. The molecular formula is C28H21NO2. The number of hydrogen-bond donors (Lipinski definition) is 2. The van der Waals surface area contributed by atoms with E-state index in [4.69, 9.17) is 0 Å². The fourth-order valence-corrected chi connectivity index (χ4v) is 4.91. The molecule has 150 valence electrons. The minimum absolute atomic E-state index is 0.0919. The van der Waals surface area contributed by atoms with Gasteiger partial charge in [-0.1, -0.05) is 60.7 Å². The van der Waals surface area contributed by atoms with Crippen LogP contribution < -0.4 is 0 Å². The highest BCUT2D eigenvalue weighted by molar-refractivity contribution is 6.27. The van der Waals surface area contributed by atoms with Gasteiger partial charge in [0.2, 0.25) is 0 Å². The highest BCUT2D eigenvalue weighted by Crippen LogP contribution is 2.39. The predicted molar refractivity (Wildman–Crippen MR) is 128 cm³/mol. The lowest BCUT2D eigenvalue weighted by Crippen LogP contribution is -2.01. The first-order chi connectivity index (χ1) is 15.2. The van der Waals surface area contributed by atoms with Crippen molar-refractivity contribution in [1.29, 1.82) is 0 Å². The number of rotatable bonds is 3. The minimum atomic E-state index is 0.0919. The lowest BCUT2D eigenvalue weighted by Gasteiger charge is -2.09. The fraction of sp³-hybridized carbons (Fsp3) is 0.0714. The minimum Gasteiger partial charge on any atom is -0.508 e. The molecule has 0 saturated carbocycles. The van der Waals surface area contributed by atoms with Crippen molar-refractivity contribution in [2.75, 3.05) is 0 Å². The predicted octanol–water partition coefficient (Wildman–Crippen LogP) is 6.75. The second kappa shape index (κ2) is 6.78. The molecular weight excluding hydrogens is 382 g/mol. The number of aryl methyl sites for hydroxylation is 2. The third kappa shape index (κ3) is 2.82. The van der Waals surface area contributed by atoms with Crippen LogP contribution in [-0.4, -0.2) is 14.8 Å². The number of aromatic nitrogens is 1. The summed E-state index contributed by atoms with van der Waals surface area (Å²) in [6.07, 6.45) is 0.709. The van der Waals surface area contributed by atoms with Gasteiger partial charge < -0.3 is 14.8 Å². The van der Waals surface area contributed by atoms with Crippen LogP contribution in [0.1, 0.15) is 5.56 Å². The summed E-state index contributed by atoms with van der Waals surface area (Å²) < 4.78 is 2.37. The zero-order valence-corrected chi connectivity index (χ0v) is 16.9. The molecule has 31 heavy (non-hydrogen) atoms. The van der Waals surface area contributed by atoms with Gasteiger partial charge in [-0.3, -0.25) is 0 Å². The van der Waals surface area contributed by atoms with E-state index in [-0.39, 0.29) is 11.5 Å². The van der Waals surface area contributed by atoms with Gasteiger partial charge in [0.15, 0.2) is 0 Å². The maximum atomic E-state index is 9.86. The van der Waals surface area contributed by atoms with E-state index in [0.717, 1.165) is 12.1 Å². The molecule has 0 spiro atoms. The maximum Gasteiger partial charge on any atom is 0.119 e. The second-order valence-electron chi connectivity index (χ2n) is 8.12. The summed E-state index contributed by atoms with van der Waals surface area (Å²) in [5.41, 5.74) is 3.32. The highest BCUT2D eigenvalue weighted by Gasteiger charge is 2.16. The van der Waals surface area contributed by atoms with E-state index in [2.05, 4.69) is 77.4 Å². The van der Waals surface area contributed by atoms with Crippen molar-refractivity contribution in [1.82, 2.24) is 4.57 Å². The smallest absolute Gasteiger partial charge is 0.119 e. The molecule has 0 radical (unpaired) electrons. The Morgan fingerprint density at radius 3 is 1.65 bits per heavy atom. The van der Waals surface area contributed by atoms with Gasteiger partial charge in [0.1, 0.15) is 11.5 Å². The summed E-state index contributed by atoms with van der Waals surface area (Å²) in [6, 6.07) is 30.7. The summed E-state index contributed by atoms with van der Waals surface area (Å²) >= 11 is 0. The van der Waals surface area contributed by atoms with Crippen molar-refractivity contribution in [3.8, 4) is 11.5 Å². The first-order valence-corrected chi connectivity index (χ1v) is 10.5. The van der Waals surface area contributed by atoms with Crippen LogP contribution in [-0.2, 0) is 13.0 Å².